The van der Waals surface area contributed by atoms with E-state index in [1.54, 1.807) is 18.6 Å². The van der Waals surface area contributed by atoms with E-state index >= 15 is 0 Å². The Hall–Kier alpha value is -1.74. The lowest BCUT2D eigenvalue weighted by Gasteiger charge is -2.31. The van der Waals surface area contributed by atoms with Crippen LogP contribution in [0.3, 0.4) is 0 Å². The van der Waals surface area contributed by atoms with Crippen LogP contribution >= 0.6 is 0 Å². The highest BCUT2D eigenvalue weighted by atomic mass is 14.8. The molecule has 1 aromatic heterocycles. The molecule has 3 heteroatoms. The number of nitrogens with two attached hydrogens (primary N) is 1. The third-order valence-electron chi connectivity index (χ3n) is 3.20. The average Bonchev–Trinajstić information content (AvgIpc) is 2.40. The minimum atomic E-state index is -0.169. The fourth-order valence-electron chi connectivity index (χ4n) is 1.89. The molecule has 0 spiro atoms. The van der Waals surface area contributed by atoms with E-state index in [9.17, 15) is 0 Å². The van der Waals surface area contributed by atoms with E-state index in [1.807, 2.05) is 18.2 Å². The van der Waals surface area contributed by atoms with Crippen molar-refractivity contribution < 1.29 is 0 Å². The molecular weight excluding hydrogens is 210 g/mol. The van der Waals surface area contributed by atoms with Crippen LogP contribution in [0.1, 0.15) is 31.1 Å². The fourth-order valence-corrected chi connectivity index (χ4v) is 1.89. The van der Waals surface area contributed by atoms with Crippen molar-refractivity contribution >= 4 is 0 Å². The number of rotatable bonds is 3. The molecule has 0 aliphatic heterocycles. The summed E-state index contributed by atoms with van der Waals surface area (Å²) in [6.45, 7) is 4.25. The topological polar surface area (TPSA) is 51.8 Å². The molecule has 1 unspecified atom stereocenters. The van der Waals surface area contributed by atoms with Crippen LogP contribution in [0.4, 0.5) is 0 Å². The summed E-state index contributed by atoms with van der Waals surface area (Å²) in [5.74, 6) is 0. The monoisotopic (exact) mass is 227 g/mol. The van der Waals surface area contributed by atoms with Crippen molar-refractivity contribution in [2.75, 3.05) is 0 Å². The Kier molecular flexibility index (Phi) is 3.20. The van der Waals surface area contributed by atoms with Crippen molar-refractivity contribution in [1.82, 2.24) is 9.97 Å². The molecule has 0 saturated heterocycles. The molecule has 17 heavy (non-hydrogen) atoms. The zero-order valence-electron chi connectivity index (χ0n) is 10.2. The van der Waals surface area contributed by atoms with Gasteiger partial charge in [0, 0.05) is 24.0 Å². The molecule has 88 valence electrons. The lowest BCUT2D eigenvalue weighted by molar-refractivity contribution is 0.412. The second-order valence-electron chi connectivity index (χ2n) is 4.70. The van der Waals surface area contributed by atoms with E-state index in [0.29, 0.717) is 0 Å². The van der Waals surface area contributed by atoms with E-state index < -0.39 is 0 Å². The maximum atomic E-state index is 6.30. The predicted octanol–water partition coefficient (Wildman–Crippen LogP) is 2.45. The second-order valence-corrected chi connectivity index (χ2v) is 4.70. The Morgan fingerprint density at radius 3 is 2.41 bits per heavy atom. The zero-order chi connectivity index (χ0) is 12.3. The van der Waals surface area contributed by atoms with Crippen LogP contribution in [0, 0.1) is 0 Å². The first-order valence-corrected chi connectivity index (χ1v) is 5.69. The van der Waals surface area contributed by atoms with Gasteiger partial charge in [-0.05, 0) is 5.56 Å². The molecule has 2 N–H and O–H groups in total. The molecule has 0 bridgehead atoms. The summed E-state index contributed by atoms with van der Waals surface area (Å²) in [5.41, 5.74) is 8.16. The van der Waals surface area contributed by atoms with Crippen LogP contribution in [0.5, 0.6) is 0 Å². The van der Waals surface area contributed by atoms with E-state index in [1.165, 1.54) is 5.56 Å². The summed E-state index contributed by atoms with van der Waals surface area (Å²) in [6, 6.07) is 10.1. The number of benzene rings is 1. The third kappa shape index (κ3) is 2.34. The maximum Gasteiger partial charge on any atom is 0.0762 e. The van der Waals surface area contributed by atoms with Gasteiger partial charge in [0.1, 0.15) is 0 Å². The Morgan fingerprint density at radius 1 is 1.12 bits per heavy atom. The molecule has 0 amide bonds. The standard InChI is InChI=1S/C14H17N3/c1-14(2,11-6-4-3-5-7-11)13(15)12-10-16-8-9-17-12/h3-10,13H,15H2,1-2H3. The van der Waals surface area contributed by atoms with Gasteiger partial charge in [0.15, 0.2) is 0 Å². The number of hydrogen-bond acceptors (Lipinski definition) is 3. The molecule has 2 aromatic rings. The molecule has 1 atom stereocenters. The smallest absolute Gasteiger partial charge is 0.0762 e. The normalized spacial score (nSPS) is 13.4. The number of hydrogen-bond donors (Lipinski definition) is 1. The Labute approximate surface area is 102 Å². The molecule has 1 heterocycles. The van der Waals surface area contributed by atoms with Crippen LogP contribution in [0.25, 0.3) is 0 Å². The molecule has 0 fully saturated rings. The Bertz CT molecular complexity index is 465. The third-order valence-corrected chi connectivity index (χ3v) is 3.20. The summed E-state index contributed by atoms with van der Waals surface area (Å²) in [5, 5.41) is 0. The molecule has 0 saturated carbocycles. The first-order chi connectivity index (χ1) is 8.12. The number of nitrogens with zero attached hydrogens (tertiary/aromatic N) is 2. The molecular formula is C14H17N3. The fraction of sp³-hybridized carbons (Fsp3) is 0.286. The Morgan fingerprint density at radius 2 is 1.82 bits per heavy atom. The van der Waals surface area contributed by atoms with Gasteiger partial charge >= 0.3 is 0 Å². The minimum absolute atomic E-state index is 0.168. The summed E-state index contributed by atoms with van der Waals surface area (Å²) < 4.78 is 0. The Balaban J connectivity index is 2.33. The first-order valence-electron chi connectivity index (χ1n) is 5.69. The lowest BCUT2D eigenvalue weighted by Crippen LogP contribution is -2.33. The van der Waals surface area contributed by atoms with Crippen LogP contribution in [0.2, 0.25) is 0 Å². The van der Waals surface area contributed by atoms with Crippen LogP contribution in [-0.4, -0.2) is 9.97 Å². The van der Waals surface area contributed by atoms with Crippen molar-refractivity contribution in [2.45, 2.75) is 25.3 Å². The molecule has 1 aromatic carbocycles. The van der Waals surface area contributed by atoms with Gasteiger partial charge in [-0.25, -0.2) is 0 Å². The summed E-state index contributed by atoms with van der Waals surface area (Å²) >= 11 is 0. The highest BCUT2D eigenvalue weighted by Gasteiger charge is 2.30. The van der Waals surface area contributed by atoms with Gasteiger partial charge in [0.05, 0.1) is 11.7 Å². The predicted molar refractivity (Wildman–Crippen MR) is 68.4 cm³/mol. The van der Waals surface area contributed by atoms with Crippen LogP contribution in [0.15, 0.2) is 48.9 Å². The quantitative estimate of drug-likeness (QED) is 0.876. The zero-order valence-corrected chi connectivity index (χ0v) is 10.2. The van der Waals surface area contributed by atoms with Crippen molar-refractivity contribution in [3.8, 4) is 0 Å². The van der Waals surface area contributed by atoms with Gasteiger partial charge in [-0.1, -0.05) is 44.2 Å². The molecule has 2 rings (SSSR count). The highest BCUT2D eigenvalue weighted by Crippen LogP contribution is 2.33. The minimum Gasteiger partial charge on any atom is -0.322 e. The molecule has 0 aliphatic carbocycles. The van der Waals surface area contributed by atoms with Crippen LogP contribution in [-0.2, 0) is 5.41 Å². The largest absolute Gasteiger partial charge is 0.322 e. The van der Waals surface area contributed by atoms with Crippen molar-refractivity contribution in [2.24, 2.45) is 5.73 Å². The molecule has 0 aliphatic rings. The average molecular weight is 227 g/mol. The first kappa shape index (κ1) is 11.7. The number of aromatic nitrogens is 2. The van der Waals surface area contributed by atoms with E-state index in [2.05, 4.69) is 35.9 Å². The molecule has 3 nitrogen and oxygen atoms in total. The lowest BCUT2D eigenvalue weighted by atomic mass is 9.77. The van der Waals surface area contributed by atoms with E-state index in [0.717, 1.165) is 5.69 Å². The van der Waals surface area contributed by atoms with Gasteiger partial charge in [-0.2, -0.15) is 0 Å². The van der Waals surface area contributed by atoms with Gasteiger partial charge in [0.25, 0.3) is 0 Å². The van der Waals surface area contributed by atoms with Crippen molar-refractivity contribution in [3.63, 3.8) is 0 Å². The van der Waals surface area contributed by atoms with Gasteiger partial charge in [-0.3, -0.25) is 9.97 Å². The van der Waals surface area contributed by atoms with Gasteiger partial charge in [-0.15, -0.1) is 0 Å². The molecule has 0 radical (unpaired) electrons. The van der Waals surface area contributed by atoms with Gasteiger partial charge < -0.3 is 5.73 Å². The summed E-state index contributed by atoms with van der Waals surface area (Å²) in [4.78, 5) is 8.35. The second kappa shape index (κ2) is 4.63. The summed E-state index contributed by atoms with van der Waals surface area (Å²) in [7, 11) is 0. The van der Waals surface area contributed by atoms with Crippen LogP contribution < -0.4 is 5.73 Å². The maximum absolute atomic E-state index is 6.30. The van der Waals surface area contributed by atoms with Crippen molar-refractivity contribution in [1.29, 1.82) is 0 Å². The van der Waals surface area contributed by atoms with Crippen molar-refractivity contribution in [3.05, 3.63) is 60.2 Å². The van der Waals surface area contributed by atoms with E-state index in [-0.39, 0.29) is 11.5 Å². The SMILES string of the molecule is CC(C)(c1ccccc1)C(N)c1cnccn1. The highest BCUT2D eigenvalue weighted by molar-refractivity contribution is 5.28. The van der Waals surface area contributed by atoms with Gasteiger partial charge in [0.2, 0.25) is 0 Å². The summed E-state index contributed by atoms with van der Waals surface area (Å²) in [6.07, 6.45) is 5.07. The van der Waals surface area contributed by atoms with E-state index in [4.69, 9.17) is 5.73 Å².